The van der Waals surface area contributed by atoms with Gasteiger partial charge in [-0.05, 0) is 49.4 Å². The summed E-state index contributed by atoms with van der Waals surface area (Å²) in [6, 6.07) is 13.0. The van der Waals surface area contributed by atoms with Crippen molar-refractivity contribution in [3.05, 3.63) is 73.9 Å². The number of amides is 2. The van der Waals surface area contributed by atoms with Crippen LogP contribution in [0.25, 0.3) is 5.69 Å². The number of benzene rings is 2. The minimum atomic E-state index is -0.424. The van der Waals surface area contributed by atoms with E-state index in [1.807, 2.05) is 55.7 Å². The SMILES string of the molecule is CN(CCN(C)C(=O)C1CCC(=O)N1Cc1ccc(Br)cc1)Cc1cn(-c2ccc(Br)cc2Cl)nn1. The van der Waals surface area contributed by atoms with Crippen LogP contribution in [0.3, 0.4) is 0 Å². The fraction of sp³-hybridized carbons (Fsp3) is 0.360. The second kappa shape index (κ2) is 11.9. The van der Waals surface area contributed by atoms with E-state index in [-0.39, 0.29) is 11.8 Å². The number of likely N-dealkylation sites (tertiary alicyclic amines) is 1. The molecule has 1 aliphatic heterocycles. The number of likely N-dealkylation sites (N-methyl/N-ethyl adjacent to an activating group) is 2. The number of hydrogen-bond acceptors (Lipinski definition) is 5. The lowest BCUT2D eigenvalue weighted by Crippen LogP contribution is -2.46. The van der Waals surface area contributed by atoms with E-state index in [4.69, 9.17) is 11.6 Å². The number of hydrogen-bond donors (Lipinski definition) is 0. The van der Waals surface area contributed by atoms with Crippen molar-refractivity contribution in [2.45, 2.75) is 32.0 Å². The molecule has 4 rings (SSSR count). The van der Waals surface area contributed by atoms with Gasteiger partial charge in [-0.1, -0.05) is 60.8 Å². The van der Waals surface area contributed by atoms with Crippen molar-refractivity contribution >= 4 is 55.3 Å². The highest BCUT2D eigenvalue weighted by atomic mass is 79.9. The lowest BCUT2D eigenvalue weighted by molar-refractivity contribution is -0.141. The van der Waals surface area contributed by atoms with Crippen LogP contribution in [-0.4, -0.2) is 74.7 Å². The monoisotopic (exact) mass is 636 g/mol. The Hall–Kier alpha value is -2.27. The average Bonchev–Trinajstić information content (AvgIpc) is 3.45. The van der Waals surface area contributed by atoms with Crippen LogP contribution in [0.5, 0.6) is 0 Å². The Morgan fingerprint density at radius 1 is 1.11 bits per heavy atom. The van der Waals surface area contributed by atoms with E-state index < -0.39 is 6.04 Å². The highest BCUT2D eigenvalue weighted by Gasteiger charge is 2.37. The molecule has 8 nitrogen and oxygen atoms in total. The first-order valence-corrected chi connectivity index (χ1v) is 13.5. The zero-order chi connectivity index (χ0) is 25.8. The Balaban J connectivity index is 1.30. The van der Waals surface area contributed by atoms with Gasteiger partial charge in [0.25, 0.3) is 0 Å². The lowest BCUT2D eigenvalue weighted by atomic mass is 10.1. The first-order valence-electron chi connectivity index (χ1n) is 11.6. The number of nitrogens with zero attached hydrogens (tertiary/aromatic N) is 6. The molecule has 0 N–H and O–H groups in total. The van der Waals surface area contributed by atoms with Crippen LogP contribution in [0.15, 0.2) is 57.6 Å². The smallest absolute Gasteiger partial charge is 0.245 e. The molecule has 0 spiro atoms. The van der Waals surface area contributed by atoms with Crippen molar-refractivity contribution < 1.29 is 9.59 Å². The first kappa shape index (κ1) is 26.8. The van der Waals surface area contributed by atoms with Crippen LogP contribution >= 0.6 is 43.5 Å². The van der Waals surface area contributed by atoms with E-state index >= 15 is 0 Å². The fourth-order valence-corrected chi connectivity index (χ4v) is 5.20. The van der Waals surface area contributed by atoms with Gasteiger partial charge < -0.3 is 9.80 Å². The predicted molar refractivity (Wildman–Crippen MR) is 146 cm³/mol. The topological polar surface area (TPSA) is 74.6 Å². The molecule has 2 amide bonds. The standard InChI is InChI=1S/C25H27Br2ClN6O2/c1-31(15-20-16-34(30-29-20)22-8-7-19(27)13-21(22)28)11-12-32(2)25(36)23-9-10-24(35)33(23)14-17-3-5-18(26)6-4-17/h3-8,13,16,23H,9-12,14-15H2,1-2H3. The zero-order valence-electron chi connectivity index (χ0n) is 20.1. The number of rotatable bonds is 9. The summed E-state index contributed by atoms with van der Waals surface area (Å²) < 4.78 is 3.54. The van der Waals surface area contributed by atoms with Crippen molar-refractivity contribution in [3.63, 3.8) is 0 Å². The first-order chi connectivity index (χ1) is 17.2. The fourth-order valence-electron chi connectivity index (χ4n) is 4.17. The molecular formula is C25H27Br2ClN6O2. The van der Waals surface area contributed by atoms with Crippen molar-refractivity contribution in [1.82, 2.24) is 29.7 Å². The Morgan fingerprint density at radius 3 is 2.56 bits per heavy atom. The molecular weight excluding hydrogens is 612 g/mol. The Morgan fingerprint density at radius 2 is 1.83 bits per heavy atom. The number of halogens is 3. The van der Waals surface area contributed by atoms with Gasteiger partial charge in [-0.25, -0.2) is 4.68 Å². The molecule has 2 aromatic carbocycles. The third-order valence-corrected chi connectivity index (χ3v) is 7.53. The largest absolute Gasteiger partial charge is 0.343 e. The average molecular weight is 639 g/mol. The van der Waals surface area contributed by atoms with Gasteiger partial charge in [0, 0.05) is 48.6 Å². The van der Waals surface area contributed by atoms with Crippen LogP contribution in [-0.2, 0) is 22.7 Å². The summed E-state index contributed by atoms with van der Waals surface area (Å²) in [6.45, 7) is 2.21. The quantitative estimate of drug-likeness (QED) is 0.345. The number of carbonyl (C=O) groups is 2. The number of carbonyl (C=O) groups excluding carboxylic acids is 2. The molecule has 0 saturated carbocycles. The second-order valence-electron chi connectivity index (χ2n) is 8.95. The summed E-state index contributed by atoms with van der Waals surface area (Å²) in [5.41, 5.74) is 2.56. The third kappa shape index (κ3) is 6.53. The third-order valence-electron chi connectivity index (χ3n) is 6.20. The molecule has 11 heteroatoms. The molecule has 1 aliphatic rings. The van der Waals surface area contributed by atoms with Gasteiger partial charge in [0.05, 0.1) is 22.6 Å². The molecule has 1 aromatic heterocycles. The highest BCUT2D eigenvalue weighted by Crippen LogP contribution is 2.25. The van der Waals surface area contributed by atoms with E-state index in [0.29, 0.717) is 44.0 Å². The molecule has 3 aromatic rings. The summed E-state index contributed by atoms with van der Waals surface area (Å²) in [6.07, 6.45) is 2.80. The highest BCUT2D eigenvalue weighted by molar-refractivity contribution is 9.10. The van der Waals surface area contributed by atoms with Gasteiger partial charge >= 0.3 is 0 Å². The van der Waals surface area contributed by atoms with Crippen LogP contribution in [0.4, 0.5) is 0 Å². The van der Waals surface area contributed by atoms with E-state index in [2.05, 4.69) is 47.1 Å². The minimum Gasteiger partial charge on any atom is -0.343 e. The van der Waals surface area contributed by atoms with Gasteiger partial charge in [0.1, 0.15) is 6.04 Å². The Bertz CT molecular complexity index is 1240. The van der Waals surface area contributed by atoms with E-state index in [9.17, 15) is 9.59 Å². The van der Waals surface area contributed by atoms with Gasteiger partial charge in [-0.3, -0.25) is 14.5 Å². The number of aromatic nitrogens is 3. The zero-order valence-corrected chi connectivity index (χ0v) is 24.0. The van der Waals surface area contributed by atoms with Gasteiger partial charge in [-0.2, -0.15) is 0 Å². The molecule has 1 saturated heterocycles. The van der Waals surface area contributed by atoms with Gasteiger partial charge in [0.2, 0.25) is 11.8 Å². The van der Waals surface area contributed by atoms with Crippen LogP contribution in [0.2, 0.25) is 5.02 Å². The summed E-state index contributed by atoms with van der Waals surface area (Å²) in [5, 5.41) is 9.03. The summed E-state index contributed by atoms with van der Waals surface area (Å²) >= 11 is 13.2. The predicted octanol–water partition coefficient (Wildman–Crippen LogP) is 4.53. The molecule has 190 valence electrons. The van der Waals surface area contributed by atoms with Gasteiger partial charge in [-0.15, -0.1) is 5.10 Å². The van der Waals surface area contributed by atoms with Crippen LogP contribution in [0, 0.1) is 0 Å². The summed E-state index contributed by atoms with van der Waals surface area (Å²) in [7, 11) is 3.77. The van der Waals surface area contributed by atoms with Crippen LogP contribution in [0.1, 0.15) is 24.1 Å². The second-order valence-corrected chi connectivity index (χ2v) is 11.2. The maximum absolute atomic E-state index is 13.2. The maximum atomic E-state index is 13.2. The van der Waals surface area contributed by atoms with Crippen molar-refractivity contribution in [2.75, 3.05) is 27.2 Å². The summed E-state index contributed by atoms with van der Waals surface area (Å²) in [4.78, 5) is 31.2. The molecule has 0 aliphatic carbocycles. The molecule has 1 atom stereocenters. The minimum absolute atomic E-state index is 0.0238. The van der Waals surface area contributed by atoms with Crippen LogP contribution < -0.4 is 0 Å². The maximum Gasteiger partial charge on any atom is 0.245 e. The van der Waals surface area contributed by atoms with Crippen molar-refractivity contribution in [2.24, 2.45) is 0 Å². The Kier molecular flexibility index (Phi) is 8.82. The van der Waals surface area contributed by atoms with E-state index in [1.165, 1.54) is 0 Å². The van der Waals surface area contributed by atoms with E-state index in [1.54, 1.807) is 21.5 Å². The van der Waals surface area contributed by atoms with Crippen molar-refractivity contribution in [3.8, 4) is 5.69 Å². The normalized spacial score (nSPS) is 15.7. The molecule has 2 heterocycles. The molecule has 36 heavy (non-hydrogen) atoms. The Labute approximate surface area is 232 Å². The van der Waals surface area contributed by atoms with Gasteiger partial charge in [0.15, 0.2) is 0 Å². The van der Waals surface area contributed by atoms with E-state index in [0.717, 1.165) is 25.9 Å². The summed E-state index contributed by atoms with van der Waals surface area (Å²) in [5.74, 6) is -0.00191. The molecule has 1 fully saturated rings. The molecule has 0 radical (unpaired) electrons. The molecule has 1 unspecified atom stereocenters. The lowest BCUT2D eigenvalue weighted by Gasteiger charge is -2.29. The van der Waals surface area contributed by atoms with Crippen molar-refractivity contribution in [1.29, 1.82) is 0 Å². The molecule has 0 bridgehead atoms.